The number of carbonyl (C=O) groups excluding carboxylic acids is 4. The van der Waals surface area contributed by atoms with Crippen molar-refractivity contribution in [1.82, 2.24) is 21.3 Å². The van der Waals surface area contributed by atoms with E-state index in [1.165, 1.54) is 6.07 Å². The van der Waals surface area contributed by atoms with Gasteiger partial charge in [0.15, 0.2) is 0 Å². The van der Waals surface area contributed by atoms with Gasteiger partial charge in [-0.2, -0.15) is 0 Å². The van der Waals surface area contributed by atoms with E-state index in [-0.39, 0.29) is 62.8 Å². The van der Waals surface area contributed by atoms with E-state index >= 15 is 0 Å². The molecule has 0 fully saturated rings. The maximum absolute atomic E-state index is 13.2. The molecule has 0 aliphatic heterocycles. The van der Waals surface area contributed by atoms with Crippen LogP contribution in [0.3, 0.4) is 0 Å². The Morgan fingerprint density at radius 2 is 1.46 bits per heavy atom. The summed E-state index contributed by atoms with van der Waals surface area (Å²) in [5, 5.41) is 31.0. The molecule has 0 heterocycles. The highest BCUT2D eigenvalue weighted by Gasteiger charge is 2.27. The molecule has 2 rings (SSSR count). The molecule has 0 bridgehead atoms. The highest BCUT2D eigenvalue weighted by molar-refractivity contribution is 5.92. The second-order valence-electron chi connectivity index (χ2n) is 9.54. The summed E-state index contributed by atoms with van der Waals surface area (Å²) in [7, 11) is 0. The number of aryl methyl sites for hydroxylation is 1. The normalized spacial score (nSPS) is 12.2. The molecule has 0 aliphatic carbocycles. The van der Waals surface area contributed by atoms with E-state index in [9.17, 15) is 29.4 Å². The molecule has 4 amide bonds. The van der Waals surface area contributed by atoms with Crippen LogP contribution in [0, 0.1) is 6.92 Å². The first kappa shape index (κ1) is 33.0. The summed E-state index contributed by atoms with van der Waals surface area (Å²) in [5.41, 5.74) is 18.9. The van der Waals surface area contributed by atoms with Crippen LogP contribution in [0.25, 0.3) is 11.1 Å². The molecule has 224 valence electrons. The van der Waals surface area contributed by atoms with Crippen molar-refractivity contribution < 1.29 is 29.4 Å². The minimum absolute atomic E-state index is 0.000920. The maximum Gasteiger partial charge on any atom is 0.243 e. The molecule has 0 saturated heterocycles. The Labute approximate surface area is 239 Å². The fourth-order valence-corrected chi connectivity index (χ4v) is 4.03. The predicted octanol–water partition coefficient (Wildman–Crippen LogP) is -1.14. The number of nitrogens with one attached hydrogen (secondary N) is 4. The van der Waals surface area contributed by atoms with Crippen LogP contribution in [0.2, 0.25) is 0 Å². The van der Waals surface area contributed by atoms with E-state index in [1.807, 2.05) is 0 Å². The molecule has 13 heteroatoms. The smallest absolute Gasteiger partial charge is 0.243 e. The van der Waals surface area contributed by atoms with Crippen LogP contribution < -0.4 is 38.5 Å². The lowest BCUT2D eigenvalue weighted by Gasteiger charge is -2.23. The van der Waals surface area contributed by atoms with Crippen LogP contribution in [-0.4, -0.2) is 78.6 Å². The third-order valence-corrected chi connectivity index (χ3v) is 6.32. The van der Waals surface area contributed by atoms with E-state index in [2.05, 4.69) is 21.3 Å². The van der Waals surface area contributed by atoms with Gasteiger partial charge in [-0.25, -0.2) is 0 Å². The number of rotatable bonds is 16. The molecule has 41 heavy (non-hydrogen) atoms. The zero-order valence-corrected chi connectivity index (χ0v) is 23.2. The van der Waals surface area contributed by atoms with Crippen molar-refractivity contribution in [2.45, 2.75) is 44.7 Å². The third-order valence-electron chi connectivity index (χ3n) is 6.32. The molecular weight excluding hydrogens is 530 g/mol. The number of hydrogen-bond acceptors (Lipinski definition) is 9. The quantitative estimate of drug-likeness (QED) is 0.118. The lowest BCUT2D eigenvalue weighted by atomic mass is 9.97. The van der Waals surface area contributed by atoms with Gasteiger partial charge in [-0.3, -0.25) is 19.2 Å². The minimum atomic E-state index is -1.16. The fraction of sp³-hybridized carbons (Fsp3) is 0.429. The first-order valence-corrected chi connectivity index (χ1v) is 13.5. The molecule has 2 aromatic carbocycles. The summed E-state index contributed by atoms with van der Waals surface area (Å²) in [6.45, 7) is 2.32. The van der Waals surface area contributed by atoms with Crippen LogP contribution in [0.1, 0.15) is 30.4 Å². The van der Waals surface area contributed by atoms with Crippen LogP contribution in [0.4, 0.5) is 0 Å². The van der Waals surface area contributed by atoms with Crippen molar-refractivity contribution in [1.29, 1.82) is 0 Å². The number of benzene rings is 2. The Balaban J connectivity index is 2.30. The lowest BCUT2D eigenvalue weighted by Crippen LogP contribution is -2.55. The molecule has 2 atom stereocenters. The number of amides is 4. The standard InChI is InChI=1S/C28H41N7O6/c1-17-13-18(4-6-23(17)36)19-5-7-24(37)20(14-19)15-22(27(40)33-11-8-25(38)32-12-10-30)35-28(41)21(3-2-9-29)34-26(39)16-31/h4-7,13-14,21-22,36-37H,2-3,8-12,15-16,29-31H2,1H3,(H,32,38)(H,33,40)(H,34,39)(H,35,41)/t21-,22-/m0/s1. The second kappa shape index (κ2) is 16.8. The minimum Gasteiger partial charge on any atom is -0.508 e. The molecule has 0 radical (unpaired) electrons. The van der Waals surface area contributed by atoms with Crippen molar-refractivity contribution in [3.63, 3.8) is 0 Å². The Bertz CT molecular complexity index is 1210. The number of carbonyl (C=O) groups is 4. The topological polar surface area (TPSA) is 235 Å². The molecule has 0 spiro atoms. The molecule has 13 nitrogen and oxygen atoms in total. The Kier molecular flexibility index (Phi) is 13.5. The fourth-order valence-electron chi connectivity index (χ4n) is 4.03. The highest BCUT2D eigenvalue weighted by Crippen LogP contribution is 2.29. The molecule has 0 aliphatic rings. The highest BCUT2D eigenvalue weighted by atomic mass is 16.3. The average Bonchev–Trinajstić information content (AvgIpc) is 2.95. The first-order valence-electron chi connectivity index (χ1n) is 13.5. The molecule has 0 aromatic heterocycles. The first-order chi connectivity index (χ1) is 19.6. The number of nitrogens with two attached hydrogens (primary N) is 3. The summed E-state index contributed by atoms with van der Waals surface area (Å²) in [5.74, 6) is -1.98. The largest absolute Gasteiger partial charge is 0.508 e. The van der Waals surface area contributed by atoms with E-state index < -0.39 is 29.8 Å². The van der Waals surface area contributed by atoms with Gasteiger partial charge in [0.05, 0.1) is 6.54 Å². The summed E-state index contributed by atoms with van der Waals surface area (Å²) < 4.78 is 0. The number of phenols is 2. The van der Waals surface area contributed by atoms with Crippen LogP contribution in [-0.2, 0) is 25.6 Å². The van der Waals surface area contributed by atoms with Gasteiger partial charge in [0.1, 0.15) is 23.6 Å². The van der Waals surface area contributed by atoms with Crippen LogP contribution in [0.5, 0.6) is 11.5 Å². The monoisotopic (exact) mass is 571 g/mol. The zero-order valence-electron chi connectivity index (χ0n) is 23.2. The van der Waals surface area contributed by atoms with Crippen molar-refractivity contribution in [2.24, 2.45) is 17.2 Å². The van der Waals surface area contributed by atoms with Crippen molar-refractivity contribution >= 4 is 23.6 Å². The van der Waals surface area contributed by atoms with Crippen LogP contribution >= 0.6 is 0 Å². The molecule has 0 unspecified atom stereocenters. The zero-order chi connectivity index (χ0) is 30.4. The van der Waals surface area contributed by atoms with E-state index in [0.717, 1.165) is 11.1 Å². The van der Waals surface area contributed by atoms with Gasteiger partial charge in [0.2, 0.25) is 23.6 Å². The lowest BCUT2D eigenvalue weighted by molar-refractivity contribution is -0.132. The molecular formula is C28H41N7O6. The van der Waals surface area contributed by atoms with Gasteiger partial charge in [-0.1, -0.05) is 12.1 Å². The number of aromatic hydroxyl groups is 2. The van der Waals surface area contributed by atoms with Crippen molar-refractivity contribution in [3.8, 4) is 22.6 Å². The van der Waals surface area contributed by atoms with Crippen molar-refractivity contribution in [2.75, 3.05) is 32.7 Å². The van der Waals surface area contributed by atoms with Gasteiger partial charge < -0.3 is 48.7 Å². The molecule has 12 N–H and O–H groups in total. The van der Waals surface area contributed by atoms with E-state index in [0.29, 0.717) is 24.1 Å². The summed E-state index contributed by atoms with van der Waals surface area (Å²) in [4.78, 5) is 50.3. The van der Waals surface area contributed by atoms with E-state index in [4.69, 9.17) is 17.2 Å². The van der Waals surface area contributed by atoms with Gasteiger partial charge in [0.25, 0.3) is 0 Å². The van der Waals surface area contributed by atoms with Gasteiger partial charge in [-0.05, 0) is 72.8 Å². The van der Waals surface area contributed by atoms with Gasteiger partial charge in [0, 0.05) is 32.5 Å². The van der Waals surface area contributed by atoms with Gasteiger partial charge >= 0.3 is 0 Å². The average molecular weight is 572 g/mol. The number of phenolic OH excluding ortho intramolecular Hbond substituents is 2. The van der Waals surface area contributed by atoms with Crippen molar-refractivity contribution in [3.05, 3.63) is 47.5 Å². The number of hydrogen-bond donors (Lipinski definition) is 9. The summed E-state index contributed by atoms with van der Waals surface area (Å²) >= 11 is 0. The SMILES string of the molecule is Cc1cc(-c2ccc(O)c(C[C@H](NC(=O)[C@H](CCCN)NC(=O)CN)C(=O)NCCC(=O)NCCN)c2)ccc1O. The third kappa shape index (κ3) is 10.7. The second-order valence-corrected chi connectivity index (χ2v) is 9.54. The van der Waals surface area contributed by atoms with Crippen LogP contribution in [0.15, 0.2) is 36.4 Å². The summed E-state index contributed by atoms with van der Waals surface area (Å²) in [6, 6.07) is 7.81. The Morgan fingerprint density at radius 1 is 0.780 bits per heavy atom. The Morgan fingerprint density at radius 3 is 2.10 bits per heavy atom. The summed E-state index contributed by atoms with van der Waals surface area (Å²) in [6.07, 6.45) is 0.568. The maximum atomic E-state index is 13.2. The van der Waals surface area contributed by atoms with E-state index in [1.54, 1.807) is 37.3 Å². The molecule has 2 aromatic rings. The van der Waals surface area contributed by atoms with Gasteiger partial charge in [-0.15, -0.1) is 0 Å². The molecule has 0 saturated carbocycles. The Hall–Kier alpha value is -4.20. The predicted molar refractivity (Wildman–Crippen MR) is 155 cm³/mol.